The van der Waals surface area contributed by atoms with Crippen molar-refractivity contribution in [2.75, 3.05) is 13.1 Å². The van der Waals surface area contributed by atoms with Gasteiger partial charge in [0.2, 0.25) is 0 Å². The van der Waals surface area contributed by atoms with Crippen molar-refractivity contribution in [3.05, 3.63) is 33.6 Å². The molecule has 2 heterocycles. The van der Waals surface area contributed by atoms with Gasteiger partial charge in [-0.2, -0.15) is 0 Å². The predicted octanol–water partition coefficient (Wildman–Crippen LogP) is 1.40. The van der Waals surface area contributed by atoms with Gasteiger partial charge in [-0.25, -0.2) is 4.79 Å². The maximum atomic E-state index is 11.2. The minimum atomic E-state index is -1.18. The zero-order valence-electron chi connectivity index (χ0n) is 10.5. The molecule has 1 aromatic heterocycles. The van der Waals surface area contributed by atoms with Gasteiger partial charge in [0.15, 0.2) is 0 Å². The van der Waals surface area contributed by atoms with Crippen LogP contribution in [0.4, 0.5) is 5.69 Å². The number of rotatable bonds is 4. The van der Waals surface area contributed by atoms with E-state index in [0.29, 0.717) is 11.6 Å². The number of nitrogens with zero attached hydrogens (tertiary/aromatic N) is 2. The molecular formula is C12H15N3O4. The van der Waals surface area contributed by atoms with E-state index in [0.717, 1.165) is 31.8 Å². The van der Waals surface area contributed by atoms with E-state index >= 15 is 0 Å². The van der Waals surface area contributed by atoms with E-state index in [4.69, 9.17) is 0 Å². The normalized spacial score (nSPS) is 20.2. The van der Waals surface area contributed by atoms with Crippen LogP contribution in [0, 0.1) is 16.0 Å². The summed E-state index contributed by atoms with van der Waals surface area (Å²) in [7, 11) is 0. The molecule has 7 heteroatoms. The maximum absolute atomic E-state index is 11.2. The third-order valence-electron chi connectivity index (χ3n) is 3.58. The molecule has 2 unspecified atom stereocenters. The number of aromatic nitrogens is 1. The van der Waals surface area contributed by atoms with Crippen LogP contribution >= 0.6 is 0 Å². The van der Waals surface area contributed by atoms with Crippen molar-refractivity contribution in [2.24, 2.45) is 5.92 Å². The third-order valence-corrected chi connectivity index (χ3v) is 3.58. The Kier molecular flexibility index (Phi) is 3.75. The smallest absolute Gasteiger partial charge is 0.337 e. The molecule has 1 aliphatic rings. The molecule has 2 atom stereocenters. The Morgan fingerprint density at radius 1 is 1.68 bits per heavy atom. The van der Waals surface area contributed by atoms with Gasteiger partial charge >= 0.3 is 5.97 Å². The Morgan fingerprint density at radius 3 is 2.95 bits per heavy atom. The highest BCUT2D eigenvalue weighted by Gasteiger charge is 2.28. The fourth-order valence-electron chi connectivity index (χ4n) is 2.43. The molecule has 1 aliphatic heterocycles. The minimum Gasteiger partial charge on any atom is -0.478 e. The zero-order chi connectivity index (χ0) is 14.0. The lowest BCUT2D eigenvalue weighted by atomic mass is 9.88. The summed E-state index contributed by atoms with van der Waals surface area (Å²) < 4.78 is 0. The Morgan fingerprint density at radius 2 is 2.42 bits per heavy atom. The van der Waals surface area contributed by atoms with Crippen LogP contribution in [0.2, 0.25) is 0 Å². The van der Waals surface area contributed by atoms with E-state index in [1.165, 1.54) is 0 Å². The lowest BCUT2D eigenvalue weighted by Crippen LogP contribution is -2.18. The number of hydrogen-bond acceptors (Lipinski definition) is 5. The average Bonchev–Trinajstić information content (AvgIpc) is 2.90. The van der Waals surface area contributed by atoms with Gasteiger partial charge in [0, 0.05) is 12.0 Å². The molecule has 102 valence electrons. The molecule has 1 fully saturated rings. The standard InChI is InChI=1S/C12H15N3O4/c1-7(8-2-3-13-5-8)11-10(12(16)17)4-9(6-14-11)15(18)19/h4,6-8,13H,2-3,5H2,1H3,(H,16,17). The highest BCUT2D eigenvalue weighted by Crippen LogP contribution is 2.30. The van der Waals surface area contributed by atoms with Crippen LogP contribution in [-0.2, 0) is 0 Å². The lowest BCUT2D eigenvalue weighted by Gasteiger charge is -2.19. The van der Waals surface area contributed by atoms with Crippen molar-refractivity contribution in [2.45, 2.75) is 19.3 Å². The molecule has 0 aliphatic carbocycles. The molecule has 2 rings (SSSR count). The Labute approximate surface area is 109 Å². The van der Waals surface area contributed by atoms with E-state index < -0.39 is 10.9 Å². The van der Waals surface area contributed by atoms with Crippen LogP contribution in [-0.4, -0.2) is 34.1 Å². The van der Waals surface area contributed by atoms with Crippen LogP contribution < -0.4 is 5.32 Å². The summed E-state index contributed by atoms with van der Waals surface area (Å²) >= 11 is 0. The van der Waals surface area contributed by atoms with Crippen LogP contribution in [0.15, 0.2) is 12.3 Å². The lowest BCUT2D eigenvalue weighted by molar-refractivity contribution is -0.385. The number of aromatic carboxylic acids is 1. The van der Waals surface area contributed by atoms with Gasteiger partial charge in [-0.15, -0.1) is 0 Å². The first-order valence-corrected chi connectivity index (χ1v) is 6.09. The number of carboxylic acid groups (broad SMARTS) is 1. The summed E-state index contributed by atoms with van der Waals surface area (Å²) in [5.74, 6) is -0.905. The highest BCUT2D eigenvalue weighted by atomic mass is 16.6. The predicted molar refractivity (Wildman–Crippen MR) is 67.2 cm³/mol. The van der Waals surface area contributed by atoms with Crippen molar-refractivity contribution in [1.82, 2.24) is 10.3 Å². The van der Waals surface area contributed by atoms with Gasteiger partial charge in [-0.05, 0) is 25.4 Å². The van der Waals surface area contributed by atoms with E-state index in [2.05, 4.69) is 10.3 Å². The number of carbonyl (C=O) groups is 1. The van der Waals surface area contributed by atoms with E-state index in [1.807, 2.05) is 6.92 Å². The second-order valence-corrected chi connectivity index (χ2v) is 4.73. The van der Waals surface area contributed by atoms with Gasteiger partial charge in [0.25, 0.3) is 5.69 Å². The highest BCUT2D eigenvalue weighted by molar-refractivity contribution is 5.89. The van der Waals surface area contributed by atoms with Crippen molar-refractivity contribution in [1.29, 1.82) is 0 Å². The molecule has 1 saturated heterocycles. The van der Waals surface area contributed by atoms with Gasteiger partial charge in [0.05, 0.1) is 16.2 Å². The number of carboxylic acids is 1. The van der Waals surface area contributed by atoms with Gasteiger partial charge in [-0.3, -0.25) is 15.1 Å². The molecule has 0 aromatic carbocycles. The summed E-state index contributed by atoms with van der Waals surface area (Å²) in [4.78, 5) is 25.3. The number of pyridine rings is 1. The van der Waals surface area contributed by atoms with E-state index in [9.17, 15) is 20.0 Å². The largest absolute Gasteiger partial charge is 0.478 e. The first kappa shape index (κ1) is 13.4. The fourth-order valence-corrected chi connectivity index (χ4v) is 2.43. The monoisotopic (exact) mass is 265 g/mol. The second kappa shape index (κ2) is 5.31. The molecule has 0 spiro atoms. The molecule has 0 amide bonds. The first-order chi connectivity index (χ1) is 9.00. The molecule has 0 radical (unpaired) electrons. The van der Waals surface area contributed by atoms with Crippen molar-refractivity contribution < 1.29 is 14.8 Å². The third kappa shape index (κ3) is 2.70. The van der Waals surface area contributed by atoms with Gasteiger partial charge in [0.1, 0.15) is 6.20 Å². The second-order valence-electron chi connectivity index (χ2n) is 4.73. The molecule has 0 bridgehead atoms. The number of hydrogen-bond donors (Lipinski definition) is 2. The van der Waals surface area contributed by atoms with E-state index in [-0.39, 0.29) is 17.2 Å². The molecular weight excluding hydrogens is 250 g/mol. The van der Waals surface area contributed by atoms with Gasteiger partial charge in [-0.1, -0.05) is 6.92 Å². The van der Waals surface area contributed by atoms with Crippen molar-refractivity contribution in [3.63, 3.8) is 0 Å². The van der Waals surface area contributed by atoms with Crippen LogP contribution in [0.1, 0.15) is 35.3 Å². The van der Waals surface area contributed by atoms with E-state index in [1.54, 1.807) is 0 Å². The first-order valence-electron chi connectivity index (χ1n) is 6.09. The molecule has 1 aromatic rings. The maximum Gasteiger partial charge on any atom is 0.337 e. The number of nitro groups is 1. The SMILES string of the molecule is CC(c1ncc([N+](=O)[O-])cc1C(=O)O)C1CCNC1. The van der Waals surface area contributed by atoms with Gasteiger partial charge < -0.3 is 10.4 Å². The Bertz CT molecular complexity index is 512. The van der Waals surface area contributed by atoms with Crippen LogP contribution in [0.3, 0.4) is 0 Å². The minimum absolute atomic E-state index is 0.0399. The quantitative estimate of drug-likeness (QED) is 0.629. The summed E-state index contributed by atoms with van der Waals surface area (Å²) in [6, 6.07) is 1.09. The molecule has 2 N–H and O–H groups in total. The van der Waals surface area contributed by atoms with Crippen LogP contribution in [0.25, 0.3) is 0 Å². The summed E-state index contributed by atoms with van der Waals surface area (Å²) in [6.07, 6.45) is 2.08. The number of nitrogens with one attached hydrogen (secondary N) is 1. The topological polar surface area (TPSA) is 105 Å². The molecule has 7 nitrogen and oxygen atoms in total. The average molecular weight is 265 g/mol. The Balaban J connectivity index is 2.38. The fraction of sp³-hybridized carbons (Fsp3) is 0.500. The van der Waals surface area contributed by atoms with Crippen molar-refractivity contribution >= 4 is 11.7 Å². The Hall–Kier alpha value is -2.02. The summed E-state index contributed by atoms with van der Waals surface area (Å²) in [5, 5.41) is 23.1. The summed E-state index contributed by atoms with van der Waals surface area (Å²) in [5.41, 5.74) is 0.0540. The zero-order valence-corrected chi connectivity index (χ0v) is 10.5. The molecule has 0 saturated carbocycles. The molecule has 19 heavy (non-hydrogen) atoms. The summed E-state index contributed by atoms with van der Waals surface area (Å²) in [6.45, 7) is 3.64. The van der Waals surface area contributed by atoms with Crippen molar-refractivity contribution in [3.8, 4) is 0 Å². The van der Waals surface area contributed by atoms with Crippen LogP contribution in [0.5, 0.6) is 0 Å².